The Balaban J connectivity index is 2.20. The Morgan fingerprint density at radius 1 is 1.42 bits per heavy atom. The summed E-state index contributed by atoms with van der Waals surface area (Å²) in [6.45, 7) is 5.12. The van der Waals surface area contributed by atoms with Gasteiger partial charge in [-0.05, 0) is 51.7 Å². The smallest absolute Gasteiger partial charge is 0.137 e. The highest BCUT2D eigenvalue weighted by molar-refractivity contribution is 9.10. The van der Waals surface area contributed by atoms with Gasteiger partial charge in [-0.15, -0.1) is 0 Å². The standard InChI is InChI=1S/C14H20BrFN2S/c1-13(2)6-14(7-17,9-19-8-13)18-10-3-4-12(16)11(15)5-10/h3-5,18H,6-9,17H2,1-2H3. The Hall–Kier alpha value is -0.260. The first kappa shape index (κ1) is 15.1. The van der Waals surface area contributed by atoms with Gasteiger partial charge < -0.3 is 11.1 Å². The van der Waals surface area contributed by atoms with Crippen LogP contribution in [0.2, 0.25) is 0 Å². The summed E-state index contributed by atoms with van der Waals surface area (Å²) in [4.78, 5) is 0. The number of nitrogens with one attached hydrogen (secondary N) is 1. The first-order valence-corrected chi connectivity index (χ1v) is 8.32. The van der Waals surface area contributed by atoms with E-state index in [9.17, 15) is 4.39 Å². The van der Waals surface area contributed by atoms with E-state index in [-0.39, 0.29) is 16.8 Å². The van der Waals surface area contributed by atoms with Gasteiger partial charge in [0, 0.05) is 18.0 Å². The number of halogens is 2. The zero-order chi connectivity index (χ0) is 14.1. The highest BCUT2D eigenvalue weighted by Gasteiger charge is 2.39. The number of thioether (sulfide) groups is 1. The summed E-state index contributed by atoms with van der Waals surface area (Å²) in [7, 11) is 0. The van der Waals surface area contributed by atoms with Crippen LogP contribution < -0.4 is 11.1 Å². The molecule has 0 amide bonds. The molecule has 106 valence electrons. The number of rotatable bonds is 3. The average molecular weight is 347 g/mol. The maximum Gasteiger partial charge on any atom is 0.137 e. The van der Waals surface area contributed by atoms with Crippen molar-refractivity contribution in [2.45, 2.75) is 25.8 Å². The summed E-state index contributed by atoms with van der Waals surface area (Å²) in [5.41, 5.74) is 7.09. The van der Waals surface area contributed by atoms with Crippen molar-refractivity contribution in [3.63, 3.8) is 0 Å². The van der Waals surface area contributed by atoms with Gasteiger partial charge in [0.25, 0.3) is 0 Å². The molecule has 1 fully saturated rings. The van der Waals surface area contributed by atoms with E-state index in [4.69, 9.17) is 5.73 Å². The summed E-state index contributed by atoms with van der Waals surface area (Å²) in [6.07, 6.45) is 1.03. The van der Waals surface area contributed by atoms with Crippen LogP contribution in [0.1, 0.15) is 20.3 Å². The predicted octanol–water partition coefficient (Wildman–Crippen LogP) is 3.86. The minimum absolute atomic E-state index is 0.107. The van der Waals surface area contributed by atoms with Gasteiger partial charge in [0.2, 0.25) is 0 Å². The maximum atomic E-state index is 13.3. The van der Waals surface area contributed by atoms with E-state index in [1.54, 1.807) is 12.1 Å². The first-order chi connectivity index (χ1) is 8.86. The van der Waals surface area contributed by atoms with Crippen molar-refractivity contribution in [2.24, 2.45) is 11.1 Å². The van der Waals surface area contributed by atoms with Gasteiger partial charge in [0.15, 0.2) is 0 Å². The summed E-state index contributed by atoms with van der Waals surface area (Å²) in [6, 6.07) is 5.01. The van der Waals surface area contributed by atoms with E-state index in [0.29, 0.717) is 11.0 Å². The molecule has 0 spiro atoms. The highest BCUT2D eigenvalue weighted by atomic mass is 79.9. The summed E-state index contributed by atoms with van der Waals surface area (Å²) in [5, 5.41) is 3.53. The lowest BCUT2D eigenvalue weighted by Gasteiger charge is -2.45. The molecule has 2 rings (SSSR count). The fourth-order valence-corrected chi connectivity index (χ4v) is 4.50. The molecule has 1 heterocycles. The van der Waals surface area contributed by atoms with Crippen LogP contribution in [-0.2, 0) is 0 Å². The molecule has 1 saturated heterocycles. The molecule has 1 atom stereocenters. The van der Waals surface area contributed by atoms with Crippen LogP contribution in [0.5, 0.6) is 0 Å². The lowest BCUT2D eigenvalue weighted by atomic mass is 9.79. The second-order valence-corrected chi connectivity index (χ2v) is 7.91. The fourth-order valence-electron chi connectivity index (χ4n) is 2.68. The number of hydrogen-bond acceptors (Lipinski definition) is 3. The van der Waals surface area contributed by atoms with Crippen molar-refractivity contribution < 1.29 is 4.39 Å². The maximum absolute atomic E-state index is 13.3. The Labute approximate surface area is 126 Å². The normalized spacial score (nSPS) is 26.2. The van der Waals surface area contributed by atoms with Gasteiger partial charge in [-0.1, -0.05) is 13.8 Å². The van der Waals surface area contributed by atoms with Crippen LogP contribution in [0.4, 0.5) is 10.1 Å². The zero-order valence-electron chi connectivity index (χ0n) is 11.3. The van der Waals surface area contributed by atoms with E-state index < -0.39 is 0 Å². The van der Waals surface area contributed by atoms with Gasteiger partial charge in [-0.25, -0.2) is 4.39 Å². The van der Waals surface area contributed by atoms with Crippen LogP contribution in [0, 0.1) is 11.2 Å². The van der Waals surface area contributed by atoms with Crippen molar-refractivity contribution in [2.75, 3.05) is 23.4 Å². The molecule has 1 unspecified atom stereocenters. The summed E-state index contributed by atoms with van der Waals surface area (Å²) >= 11 is 5.15. The van der Waals surface area contributed by atoms with Crippen LogP contribution in [0.3, 0.4) is 0 Å². The van der Waals surface area contributed by atoms with Crippen LogP contribution in [0.15, 0.2) is 22.7 Å². The molecule has 0 bridgehead atoms. The fraction of sp³-hybridized carbons (Fsp3) is 0.571. The lowest BCUT2D eigenvalue weighted by molar-refractivity contribution is 0.290. The number of hydrogen-bond donors (Lipinski definition) is 2. The average Bonchev–Trinajstić information content (AvgIpc) is 2.33. The number of benzene rings is 1. The third-order valence-electron chi connectivity index (χ3n) is 3.41. The van der Waals surface area contributed by atoms with E-state index in [0.717, 1.165) is 23.6 Å². The second-order valence-electron chi connectivity index (χ2n) is 6.07. The van der Waals surface area contributed by atoms with Gasteiger partial charge in [0.05, 0.1) is 10.0 Å². The molecule has 1 aromatic rings. The van der Waals surface area contributed by atoms with Crippen molar-refractivity contribution in [3.8, 4) is 0 Å². The van der Waals surface area contributed by atoms with Crippen LogP contribution >= 0.6 is 27.7 Å². The molecule has 0 radical (unpaired) electrons. The predicted molar refractivity (Wildman–Crippen MR) is 85.2 cm³/mol. The molecule has 1 aliphatic heterocycles. The minimum Gasteiger partial charge on any atom is -0.377 e. The quantitative estimate of drug-likeness (QED) is 0.872. The molecule has 0 aliphatic carbocycles. The van der Waals surface area contributed by atoms with E-state index in [1.807, 2.05) is 11.8 Å². The lowest BCUT2D eigenvalue weighted by Crippen LogP contribution is -2.53. The van der Waals surface area contributed by atoms with Crippen molar-refractivity contribution in [3.05, 3.63) is 28.5 Å². The molecule has 3 N–H and O–H groups in total. The first-order valence-electron chi connectivity index (χ1n) is 6.37. The van der Waals surface area contributed by atoms with E-state index in [1.165, 1.54) is 6.07 Å². The molecule has 1 aromatic carbocycles. The van der Waals surface area contributed by atoms with Crippen LogP contribution in [-0.4, -0.2) is 23.6 Å². The van der Waals surface area contributed by atoms with Gasteiger partial charge in [0.1, 0.15) is 5.82 Å². The summed E-state index contributed by atoms with van der Waals surface area (Å²) < 4.78 is 13.8. The van der Waals surface area contributed by atoms with E-state index in [2.05, 4.69) is 35.1 Å². The largest absolute Gasteiger partial charge is 0.377 e. The molecule has 2 nitrogen and oxygen atoms in total. The second kappa shape index (κ2) is 5.62. The number of nitrogens with two attached hydrogens (primary N) is 1. The van der Waals surface area contributed by atoms with E-state index >= 15 is 0 Å². The molecule has 19 heavy (non-hydrogen) atoms. The van der Waals surface area contributed by atoms with Crippen molar-refractivity contribution in [1.29, 1.82) is 0 Å². The molecule has 0 aromatic heterocycles. The Bertz CT molecular complexity index is 467. The third kappa shape index (κ3) is 3.64. The van der Waals surface area contributed by atoms with Gasteiger partial charge in [-0.2, -0.15) is 11.8 Å². The Morgan fingerprint density at radius 2 is 2.16 bits per heavy atom. The van der Waals surface area contributed by atoms with Crippen molar-refractivity contribution >= 4 is 33.4 Å². The van der Waals surface area contributed by atoms with Gasteiger partial charge in [-0.3, -0.25) is 0 Å². The third-order valence-corrected chi connectivity index (χ3v) is 5.76. The van der Waals surface area contributed by atoms with Crippen molar-refractivity contribution in [1.82, 2.24) is 0 Å². The van der Waals surface area contributed by atoms with Gasteiger partial charge >= 0.3 is 0 Å². The Morgan fingerprint density at radius 3 is 2.74 bits per heavy atom. The topological polar surface area (TPSA) is 38.0 Å². The monoisotopic (exact) mass is 346 g/mol. The SMILES string of the molecule is CC1(C)CSCC(CN)(Nc2ccc(F)c(Br)c2)C1. The molecular weight excluding hydrogens is 327 g/mol. The Kier molecular flexibility index (Phi) is 4.48. The van der Waals surface area contributed by atoms with Crippen LogP contribution in [0.25, 0.3) is 0 Å². The zero-order valence-corrected chi connectivity index (χ0v) is 13.7. The molecular formula is C14H20BrFN2S. The minimum atomic E-state index is -0.245. The molecule has 1 aliphatic rings. The number of anilines is 1. The molecule has 5 heteroatoms. The highest BCUT2D eigenvalue weighted by Crippen LogP contribution is 2.40. The molecule has 0 saturated carbocycles. The summed E-state index contributed by atoms with van der Waals surface area (Å²) in [5.74, 6) is 1.90.